The van der Waals surface area contributed by atoms with Crippen LogP contribution in [0.15, 0.2) is 12.1 Å². The number of methoxy groups -OCH3 is 3. The highest BCUT2D eigenvalue weighted by Crippen LogP contribution is 2.37. The third-order valence-corrected chi connectivity index (χ3v) is 4.10. The van der Waals surface area contributed by atoms with Gasteiger partial charge >= 0.3 is 5.97 Å². The van der Waals surface area contributed by atoms with E-state index in [4.69, 9.17) is 14.2 Å². The van der Waals surface area contributed by atoms with Crippen LogP contribution in [0, 0.1) is 11.8 Å². The van der Waals surface area contributed by atoms with Crippen LogP contribution in [-0.2, 0) is 14.3 Å². The molecule has 0 spiro atoms. The molecule has 2 rings (SSSR count). The molecule has 130 valence electrons. The van der Waals surface area contributed by atoms with Crippen molar-refractivity contribution in [2.24, 2.45) is 11.8 Å². The number of aliphatic carboxylic acids is 1. The molecule has 0 saturated heterocycles. The SMILES string of the molecule is COC(=O)c1cc(OC)c(OC)cc1NC(=O)[C@H]1CC[C@@H]1C(=O)[O-]. The van der Waals surface area contributed by atoms with E-state index in [1.165, 1.54) is 33.5 Å². The van der Waals surface area contributed by atoms with Gasteiger partial charge in [-0.25, -0.2) is 4.79 Å². The molecule has 0 bridgehead atoms. The van der Waals surface area contributed by atoms with E-state index >= 15 is 0 Å². The molecule has 0 radical (unpaired) electrons. The lowest BCUT2D eigenvalue weighted by Gasteiger charge is -2.36. The Morgan fingerprint density at radius 3 is 2.08 bits per heavy atom. The van der Waals surface area contributed by atoms with Gasteiger partial charge in [-0.2, -0.15) is 0 Å². The highest BCUT2D eigenvalue weighted by Gasteiger charge is 2.37. The Kier molecular flexibility index (Phi) is 5.28. The number of esters is 1. The Morgan fingerprint density at radius 2 is 1.62 bits per heavy atom. The first-order valence-corrected chi connectivity index (χ1v) is 7.29. The molecule has 8 heteroatoms. The molecule has 1 aromatic rings. The van der Waals surface area contributed by atoms with Crippen molar-refractivity contribution in [3.8, 4) is 11.5 Å². The number of carbonyl (C=O) groups excluding carboxylic acids is 3. The number of amides is 1. The molecule has 1 N–H and O–H groups in total. The van der Waals surface area contributed by atoms with E-state index in [-0.39, 0.29) is 11.3 Å². The average molecular weight is 336 g/mol. The third-order valence-electron chi connectivity index (χ3n) is 4.10. The first kappa shape index (κ1) is 17.6. The van der Waals surface area contributed by atoms with Gasteiger partial charge in [-0.1, -0.05) is 0 Å². The summed E-state index contributed by atoms with van der Waals surface area (Å²) in [5.74, 6) is -3.30. The predicted molar refractivity (Wildman–Crippen MR) is 80.7 cm³/mol. The average Bonchev–Trinajstić information content (AvgIpc) is 2.51. The lowest BCUT2D eigenvalue weighted by molar-refractivity contribution is -0.316. The van der Waals surface area contributed by atoms with Gasteiger partial charge in [-0.05, 0) is 12.8 Å². The fourth-order valence-electron chi connectivity index (χ4n) is 2.58. The molecule has 0 heterocycles. The molecule has 0 aromatic heterocycles. The van der Waals surface area contributed by atoms with Crippen molar-refractivity contribution in [3.05, 3.63) is 17.7 Å². The predicted octanol–water partition coefficient (Wildman–Crippen LogP) is 0.205. The van der Waals surface area contributed by atoms with Crippen molar-refractivity contribution in [1.82, 2.24) is 0 Å². The minimum absolute atomic E-state index is 0.0767. The van der Waals surface area contributed by atoms with E-state index in [1.54, 1.807) is 0 Å². The maximum atomic E-state index is 12.3. The lowest BCUT2D eigenvalue weighted by Crippen LogP contribution is -2.46. The van der Waals surface area contributed by atoms with Crippen molar-refractivity contribution in [1.29, 1.82) is 0 Å². The van der Waals surface area contributed by atoms with Crippen molar-refractivity contribution >= 4 is 23.5 Å². The Hall–Kier alpha value is -2.77. The molecular weight excluding hydrogens is 318 g/mol. The molecule has 1 aliphatic rings. The number of benzene rings is 1. The first-order chi connectivity index (χ1) is 11.4. The molecule has 0 aliphatic heterocycles. The second kappa shape index (κ2) is 7.20. The van der Waals surface area contributed by atoms with E-state index in [9.17, 15) is 19.5 Å². The van der Waals surface area contributed by atoms with Gasteiger partial charge in [-0.15, -0.1) is 0 Å². The molecule has 2 atom stereocenters. The van der Waals surface area contributed by atoms with E-state index in [1.807, 2.05) is 0 Å². The quantitative estimate of drug-likeness (QED) is 0.738. The fraction of sp³-hybridized carbons (Fsp3) is 0.438. The van der Waals surface area contributed by atoms with Crippen LogP contribution >= 0.6 is 0 Å². The molecule has 1 aromatic carbocycles. The van der Waals surface area contributed by atoms with Crippen molar-refractivity contribution in [3.63, 3.8) is 0 Å². The largest absolute Gasteiger partial charge is 0.550 e. The summed E-state index contributed by atoms with van der Waals surface area (Å²) < 4.78 is 15.0. The van der Waals surface area contributed by atoms with Crippen molar-refractivity contribution in [2.45, 2.75) is 12.8 Å². The smallest absolute Gasteiger partial charge is 0.340 e. The molecular formula is C16H18NO7-. The zero-order chi connectivity index (χ0) is 17.9. The van der Waals surface area contributed by atoms with Gasteiger partial charge in [0.2, 0.25) is 5.91 Å². The summed E-state index contributed by atoms with van der Waals surface area (Å²) >= 11 is 0. The Labute approximate surface area is 138 Å². The van der Waals surface area contributed by atoms with Crippen LogP contribution in [0.5, 0.6) is 11.5 Å². The van der Waals surface area contributed by atoms with Crippen LogP contribution in [0.1, 0.15) is 23.2 Å². The lowest BCUT2D eigenvalue weighted by atomic mass is 9.73. The van der Waals surface area contributed by atoms with Gasteiger partial charge in [0.25, 0.3) is 0 Å². The van der Waals surface area contributed by atoms with Gasteiger partial charge in [0, 0.05) is 29.9 Å². The van der Waals surface area contributed by atoms with Crippen LogP contribution in [0.3, 0.4) is 0 Å². The maximum Gasteiger partial charge on any atom is 0.340 e. The standard InChI is InChI=1S/C16H19NO7/c1-22-12-6-10(16(21)24-3)11(7-13(12)23-2)17-14(18)8-4-5-9(8)15(19)20/h6-9H,4-5H2,1-3H3,(H,17,18)(H,19,20)/p-1/t8-,9-/m0/s1. The zero-order valence-corrected chi connectivity index (χ0v) is 13.6. The number of hydrogen-bond acceptors (Lipinski definition) is 7. The second-order valence-electron chi connectivity index (χ2n) is 5.34. The highest BCUT2D eigenvalue weighted by atomic mass is 16.5. The number of carboxylic acids is 1. The molecule has 0 unspecified atom stereocenters. The van der Waals surface area contributed by atoms with Crippen molar-refractivity contribution in [2.75, 3.05) is 26.6 Å². The van der Waals surface area contributed by atoms with Crippen LogP contribution in [0.2, 0.25) is 0 Å². The minimum Gasteiger partial charge on any atom is -0.550 e. The van der Waals surface area contributed by atoms with Crippen LogP contribution in [0.4, 0.5) is 5.69 Å². The summed E-state index contributed by atoms with van der Waals surface area (Å²) in [5, 5.41) is 13.5. The van der Waals surface area contributed by atoms with Gasteiger partial charge in [-0.3, -0.25) is 4.79 Å². The number of anilines is 1. The summed E-state index contributed by atoms with van der Waals surface area (Å²) in [4.78, 5) is 35.2. The number of rotatable bonds is 6. The molecule has 1 amide bonds. The van der Waals surface area contributed by atoms with Gasteiger partial charge in [0.05, 0.1) is 32.6 Å². The van der Waals surface area contributed by atoms with Gasteiger partial charge in [0.15, 0.2) is 11.5 Å². The molecule has 1 aliphatic carbocycles. The van der Waals surface area contributed by atoms with E-state index in [0.29, 0.717) is 24.3 Å². The van der Waals surface area contributed by atoms with Crippen LogP contribution in [0.25, 0.3) is 0 Å². The number of ether oxygens (including phenoxy) is 3. The Bertz CT molecular complexity index is 671. The number of nitrogens with one attached hydrogen (secondary N) is 1. The number of carboxylic acid groups (broad SMARTS) is 1. The molecule has 1 fully saturated rings. The Balaban J connectivity index is 2.32. The van der Waals surface area contributed by atoms with E-state index in [2.05, 4.69) is 5.32 Å². The topological polar surface area (TPSA) is 114 Å². The second-order valence-corrected chi connectivity index (χ2v) is 5.34. The summed E-state index contributed by atoms with van der Waals surface area (Å²) in [6.07, 6.45) is 0.849. The normalized spacial score (nSPS) is 19.0. The van der Waals surface area contributed by atoms with E-state index < -0.39 is 29.7 Å². The number of carbonyl (C=O) groups is 3. The van der Waals surface area contributed by atoms with Crippen LogP contribution < -0.4 is 19.9 Å². The zero-order valence-electron chi connectivity index (χ0n) is 13.6. The van der Waals surface area contributed by atoms with Gasteiger partial charge < -0.3 is 29.4 Å². The minimum atomic E-state index is -1.25. The Morgan fingerprint density at radius 1 is 1.04 bits per heavy atom. The highest BCUT2D eigenvalue weighted by molar-refractivity contribution is 6.03. The summed E-state index contributed by atoms with van der Waals surface area (Å²) in [6, 6.07) is 2.81. The molecule has 8 nitrogen and oxygen atoms in total. The maximum absolute atomic E-state index is 12.3. The fourth-order valence-corrected chi connectivity index (χ4v) is 2.58. The van der Waals surface area contributed by atoms with Crippen molar-refractivity contribution < 1.29 is 33.7 Å². The summed E-state index contributed by atoms with van der Waals surface area (Å²) in [7, 11) is 4.04. The van der Waals surface area contributed by atoms with E-state index in [0.717, 1.165) is 0 Å². The summed E-state index contributed by atoms with van der Waals surface area (Å²) in [6.45, 7) is 0. The first-order valence-electron chi connectivity index (χ1n) is 7.29. The summed E-state index contributed by atoms with van der Waals surface area (Å²) in [5.41, 5.74) is 0.237. The molecule has 24 heavy (non-hydrogen) atoms. The van der Waals surface area contributed by atoms with Crippen LogP contribution in [-0.4, -0.2) is 39.2 Å². The third kappa shape index (κ3) is 3.27. The van der Waals surface area contributed by atoms with Gasteiger partial charge in [0.1, 0.15) is 0 Å². The number of hydrogen-bond donors (Lipinski definition) is 1. The monoisotopic (exact) mass is 336 g/mol. The molecule has 1 saturated carbocycles.